The zero-order chi connectivity index (χ0) is 27.5. The standard InChI is InChI=1S/C27H35Cl2NO6S/c1-5-21(16-37(34,35)27(2,3)4)30-24(17-9-11-19(28)12-10-17)25(18-7-6-8-20(29)13-18)36-23(26(30)33)14-22(32)15-31/h6-13,21-25,31-32H,5,14-16H2,1-4H3/t21?,22?,23-,24+,25+/m0/s1. The topological polar surface area (TPSA) is 104 Å². The molecule has 0 aromatic heterocycles. The summed E-state index contributed by atoms with van der Waals surface area (Å²) in [6, 6.07) is 12.7. The Bertz CT molecular complexity index is 1180. The van der Waals surface area contributed by atoms with E-state index in [0.29, 0.717) is 22.0 Å². The van der Waals surface area contributed by atoms with Crippen LogP contribution in [0, 0.1) is 0 Å². The van der Waals surface area contributed by atoms with Crippen LogP contribution in [0.25, 0.3) is 0 Å². The van der Waals surface area contributed by atoms with Gasteiger partial charge in [0, 0.05) is 22.5 Å². The number of hydrogen-bond acceptors (Lipinski definition) is 6. The molecular weight excluding hydrogens is 537 g/mol. The molecule has 2 aromatic rings. The van der Waals surface area contributed by atoms with Gasteiger partial charge in [-0.3, -0.25) is 4.79 Å². The van der Waals surface area contributed by atoms with Gasteiger partial charge >= 0.3 is 0 Å². The van der Waals surface area contributed by atoms with Crippen molar-refractivity contribution in [1.82, 2.24) is 4.90 Å². The normalized spacial score (nSPS) is 22.6. The molecule has 1 aliphatic rings. The monoisotopic (exact) mass is 571 g/mol. The van der Waals surface area contributed by atoms with Crippen molar-refractivity contribution in [3.8, 4) is 0 Å². The average molecular weight is 573 g/mol. The van der Waals surface area contributed by atoms with Crippen LogP contribution in [0.15, 0.2) is 48.5 Å². The van der Waals surface area contributed by atoms with E-state index in [9.17, 15) is 23.4 Å². The van der Waals surface area contributed by atoms with Crippen molar-refractivity contribution in [2.45, 2.75) is 75.7 Å². The molecule has 2 aromatic carbocycles. The highest BCUT2D eigenvalue weighted by molar-refractivity contribution is 7.92. The van der Waals surface area contributed by atoms with E-state index in [2.05, 4.69) is 0 Å². The number of carbonyl (C=O) groups is 1. The van der Waals surface area contributed by atoms with Crippen LogP contribution in [0.4, 0.5) is 0 Å². The van der Waals surface area contributed by atoms with Gasteiger partial charge in [0.15, 0.2) is 9.84 Å². The van der Waals surface area contributed by atoms with E-state index in [0.717, 1.165) is 5.56 Å². The van der Waals surface area contributed by atoms with Crippen LogP contribution >= 0.6 is 23.2 Å². The molecule has 1 heterocycles. The fourth-order valence-electron chi connectivity index (χ4n) is 4.48. The van der Waals surface area contributed by atoms with Crippen LogP contribution in [-0.4, -0.2) is 64.8 Å². The minimum atomic E-state index is -3.59. The largest absolute Gasteiger partial charge is 0.394 e. The quantitative estimate of drug-likeness (QED) is 0.450. The molecule has 3 rings (SSSR count). The summed E-state index contributed by atoms with van der Waals surface area (Å²) in [5, 5.41) is 20.6. The zero-order valence-corrected chi connectivity index (χ0v) is 23.8. The van der Waals surface area contributed by atoms with E-state index < -0.39 is 57.5 Å². The van der Waals surface area contributed by atoms with Gasteiger partial charge < -0.3 is 19.8 Å². The van der Waals surface area contributed by atoms with E-state index in [4.69, 9.17) is 27.9 Å². The second kappa shape index (κ2) is 12.0. The number of benzene rings is 2. The lowest BCUT2D eigenvalue weighted by Gasteiger charge is -2.48. The van der Waals surface area contributed by atoms with Gasteiger partial charge in [0.1, 0.15) is 12.2 Å². The highest BCUT2D eigenvalue weighted by Gasteiger charge is 2.48. The number of sulfone groups is 1. The second-order valence-corrected chi connectivity index (χ2v) is 14.0. The summed E-state index contributed by atoms with van der Waals surface area (Å²) in [5.74, 6) is -0.679. The lowest BCUT2D eigenvalue weighted by Crippen LogP contribution is -2.57. The Morgan fingerprint density at radius 1 is 1.05 bits per heavy atom. The fraction of sp³-hybridized carbons (Fsp3) is 0.519. The predicted octanol–water partition coefficient (Wildman–Crippen LogP) is 4.74. The fourth-order valence-corrected chi connectivity index (χ4v) is 6.21. The first-order valence-electron chi connectivity index (χ1n) is 12.3. The third-order valence-electron chi connectivity index (χ3n) is 6.72. The van der Waals surface area contributed by atoms with Gasteiger partial charge in [0.2, 0.25) is 0 Å². The molecule has 5 atom stereocenters. The van der Waals surface area contributed by atoms with E-state index in [1.165, 1.54) is 0 Å². The minimum absolute atomic E-state index is 0.140. The molecule has 1 fully saturated rings. The average Bonchev–Trinajstić information content (AvgIpc) is 2.83. The molecule has 7 nitrogen and oxygen atoms in total. The lowest BCUT2D eigenvalue weighted by molar-refractivity contribution is -0.182. The lowest BCUT2D eigenvalue weighted by atomic mass is 9.89. The third-order valence-corrected chi connectivity index (χ3v) is 9.90. The van der Waals surface area contributed by atoms with Crippen LogP contribution in [0.5, 0.6) is 0 Å². The van der Waals surface area contributed by atoms with Crippen LogP contribution in [0.1, 0.15) is 63.8 Å². The van der Waals surface area contributed by atoms with Gasteiger partial charge in [-0.25, -0.2) is 8.42 Å². The zero-order valence-electron chi connectivity index (χ0n) is 21.5. The summed E-state index contributed by atoms with van der Waals surface area (Å²) in [4.78, 5) is 15.6. The SMILES string of the molecule is CCC(CS(=O)(=O)C(C)(C)C)N1C(=O)[C@H](CC(O)CO)O[C@H](c2cccc(Cl)c2)[C@H]1c1ccc(Cl)cc1. The van der Waals surface area contributed by atoms with Crippen molar-refractivity contribution in [2.24, 2.45) is 0 Å². The Morgan fingerprint density at radius 2 is 1.70 bits per heavy atom. The molecular formula is C27H35Cl2NO6S. The highest BCUT2D eigenvalue weighted by atomic mass is 35.5. The number of aliphatic hydroxyl groups excluding tert-OH is 2. The summed E-state index contributed by atoms with van der Waals surface area (Å²) in [5.41, 5.74) is 1.41. The molecule has 0 saturated carbocycles. The molecule has 1 saturated heterocycles. The molecule has 0 spiro atoms. The molecule has 10 heteroatoms. The summed E-state index contributed by atoms with van der Waals surface area (Å²) >= 11 is 12.5. The Balaban J connectivity index is 2.20. The van der Waals surface area contributed by atoms with Crippen molar-refractivity contribution in [3.05, 3.63) is 69.7 Å². The number of morpholine rings is 1. The Hall–Kier alpha value is -1.68. The first-order valence-corrected chi connectivity index (χ1v) is 14.7. The first-order chi connectivity index (χ1) is 17.3. The van der Waals surface area contributed by atoms with Gasteiger partial charge in [-0.15, -0.1) is 0 Å². The molecule has 0 bridgehead atoms. The van der Waals surface area contributed by atoms with Crippen LogP contribution in [0.2, 0.25) is 10.0 Å². The van der Waals surface area contributed by atoms with E-state index >= 15 is 0 Å². The minimum Gasteiger partial charge on any atom is -0.394 e. The Labute approximate surface area is 229 Å². The summed E-state index contributed by atoms with van der Waals surface area (Å²) in [6.07, 6.45) is -2.76. The molecule has 0 aliphatic carbocycles. The summed E-state index contributed by atoms with van der Waals surface area (Å²) in [7, 11) is -3.59. The molecule has 2 unspecified atom stereocenters. The van der Waals surface area contributed by atoms with Gasteiger partial charge in [-0.2, -0.15) is 0 Å². The summed E-state index contributed by atoms with van der Waals surface area (Å²) in [6.45, 7) is 6.23. The maximum absolute atomic E-state index is 14.0. The first kappa shape index (κ1) is 29.9. The molecule has 2 N–H and O–H groups in total. The number of ether oxygens (including phenoxy) is 1. The Morgan fingerprint density at radius 3 is 2.24 bits per heavy atom. The maximum atomic E-state index is 14.0. The molecule has 1 aliphatic heterocycles. The van der Waals surface area contributed by atoms with Crippen LogP contribution in [0.3, 0.4) is 0 Å². The van der Waals surface area contributed by atoms with Crippen LogP contribution in [-0.2, 0) is 19.4 Å². The van der Waals surface area contributed by atoms with E-state index in [1.807, 2.05) is 13.0 Å². The molecule has 1 amide bonds. The van der Waals surface area contributed by atoms with Crippen molar-refractivity contribution >= 4 is 38.9 Å². The Kier molecular flexibility index (Phi) is 9.70. The van der Waals surface area contributed by atoms with Gasteiger partial charge in [-0.1, -0.05) is 54.4 Å². The number of nitrogens with zero attached hydrogens (tertiary/aromatic N) is 1. The molecule has 37 heavy (non-hydrogen) atoms. The number of rotatable bonds is 9. The maximum Gasteiger partial charge on any atom is 0.252 e. The number of hydrogen-bond donors (Lipinski definition) is 2. The van der Waals surface area contributed by atoms with Gasteiger partial charge in [0.25, 0.3) is 5.91 Å². The van der Waals surface area contributed by atoms with Gasteiger partial charge in [0.05, 0.1) is 29.3 Å². The van der Waals surface area contributed by atoms with Crippen molar-refractivity contribution in [2.75, 3.05) is 12.4 Å². The van der Waals surface area contributed by atoms with Crippen molar-refractivity contribution < 1.29 is 28.2 Å². The molecule has 0 radical (unpaired) electrons. The van der Waals surface area contributed by atoms with Crippen molar-refractivity contribution in [1.29, 1.82) is 0 Å². The van der Waals surface area contributed by atoms with Gasteiger partial charge in [-0.05, 0) is 62.6 Å². The number of aliphatic hydroxyl groups is 2. The second-order valence-electron chi connectivity index (χ2n) is 10.4. The number of amides is 1. The number of halogens is 2. The molecule has 204 valence electrons. The van der Waals surface area contributed by atoms with Crippen molar-refractivity contribution in [3.63, 3.8) is 0 Å². The van der Waals surface area contributed by atoms with E-state index in [-0.39, 0.29) is 12.2 Å². The summed E-state index contributed by atoms with van der Waals surface area (Å²) < 4.78 is 31.9. The predicted molar refractivity (Wildman–Crippen MR) is 145 cm³/mol. The number of carbonyl (C=O) groups excluding carboxylic acids is 1. The third kappa shape index (κ3) is 6.85. The smallest absolute Gasteiger partial charge is 0.252 e. The highest BCUT2D eigenvalue weighted by Crippen LogP contribution is 2.45. The van der Waals surface area contributed by atoms with Crippen LogP contribution < -0.4 is 0 Å². The van der Waals surface area contributed by atoms with E-state index in [1.54, 1.807) is 68.1 Å².